The molecule has 1 heterocycles. The first-order valence-electron chi connectivity index (χ1n) is 7.98. The topological polar surface area (TPSA) is 15.6 Å². The van der Waals surface area contributed by atoms with E-state index in [1.807, 2.05) is 30.3 Å². The number of hydrogen-bond acceptors (Lipinski definition) is 2. The van der Waals surface area contributed by atoms with Gasteiger partial charge in [0.2, 0.25) is 0 Å². The third-order valence-corrected chi connectivity index (χ3v) is 4.24. The van der Waals surface area contributed by atoms with Crippen molar-refractivity contribution >= 4 is 17.3 Å². The fraction of sp³-hybridized carbons (Fsp3) is 0.316. The lowest BCUT2D eigenvalue weighted by Crippen LogP contribution is -2.21. The van der Waals surface area contributed by atoms with Crippen molar-refractivity contribution in [2.45, 2.75) is 25.7 Å². The molecule has 114 valence electrons. The molecule has 1 aliphatic heterocycles. The van der Waals surface area contributed by atoms with Gasteiger partial charge in [-0.15, -0.1) is 0 Å². The normalized spacial score (nSPS) is 16.4. The van der Waals surface area contributed by atoms with Crippen LogP contribution >= 0.6 is 11.6 Å². The highest BCUT2D eigenvalue weighted by Gasteiger charge is 2.11. The van der Waals surface area contributed by atoms with Crippen LogP contribution in [-0.4, -0.2) is 23.8 Å². The van der Waals surface area contributed by atoms with Crippen LogP contribution < -0.4 is 0 Å². The van der Waals surface area contributed by atoms with Gasteiger partial charge in [-0.05, 0) is 25.0 Å². The van der Waals surface area contributed by atoms with Crippen molar-refractivity contribution in [3.8, 4) is 0 Å². The van der Waals surface area contributed by atoms with Crippen molar-refractivity contribution in [3.05, 3.63) is 70.7 Å². The first-order valence-corrected chi connectivity index (χ1v) is 8.36. The monoisotopic (exact) mass is 312 g/mol. The summed E-state index contributed by atoms with van der Waals surface area (Å²) in [7, 11) is 0. The van der Waals surface area contributed by atoms with E-state index < -0.39 is 0 Å². The summed E-state index contributed by atoms with van der Waals surface area (Å²) in [4.78, 5) is 0. The van der Waals surface area contributed by atoms with E-state index in [1.54, 1.807) is 0 Å². The summed E-state index contributed by atoms with van der Waals surface area (Å²) in [6.07, 6.45) is 5.08. The molecule has 0 radical (unpaired) electrons. The van der Waals surface area contributed by atoms with Gasteiger partial charge in [-0.3, -0.25) is 5.01 Å². The summed E-state index contributed by atoms with van der Waals surface area (Å²) in [5.41, 5.74) is 3.29. The second-order valence-corrected chi connectivity index (χ2v) is 6.13. The van der Waals surface area contributed by atoms with Gasteiger partial charge in [0.25, 0.3) is 0 Å². The molecule has 0 aromatic heterocycles. The van der Waals surface area contributed by atoms with Crippen LogP contribution in [0.3, 0.4) is 0 Å². The summed E-state index contributed by atoms with van der Waals surface area (Å²) < 4.78 is 0. The van der Waals surface area contributed by atoms with Gasteiger partial charge in [-0.25, -0.2) is 0 Å². The number of rotatable bonds is 3. The number of nitrogens with zero attached hydrogens (tertiary/aromatic N) is 2. The number of halogens is 1. The number of hydrogen-bond donors (Lipinski definition) is 0. The smallest absolute Gasteiger partial charge is 0.0976 e. The van der Waals surface area contributed by atoms with Crippen LogP contribution in [0, 0.1) is 0 Å². The van der Waals surface area contributed by atoms with Crippen LogP contribution in [0.5, 0.6) is 0 Å². The van der Waals surface area contributed by atoms with Crippen molar-refractivity contribution < 1.29 is 0 Å². The second kappa shape index (κ2) is 7.46. The average Bonchev–Trinajstić information content (AvgIpc) is 2.83. The molecule has 0 N–H and O–H groups in total. The molecule has 1 aliphatic rings. The SMILES string of the molecule is Clc1ccc(/C(=N\N2CCCCCC2)c2ccccc2)cc1. The predicted molar refractivity (Wildman–Crippen MR) is 93.6 cm³/mol. The minimum absolute atomic E-state index is 0.755. The minimum Gasteiger partial charge on any atom is -0.296 e. The van der Waals surface area contributed by atoms with E-state index in [-0.39, 0.29) is 0 Å². The van der Waals surface area contributed by atoms with Gasteiger partial charge in [-0.1, -0.05) is 66.9 Å². The molecule has 2 nitrogen and oxygen atoms in total. The molecule has 0 aliphatic carbocycles. The maximum Gasteiger partial charge on any atom is 0.0976 e. The van der Waals surface area contributed by atoms with E-state index in [9.17, 15) is 0 Å². The molecule has 0 amide bonds. The lowest BCUT2D eigenvalue weighted by molar-refractivity contribution is 0.301. The Morgan fingerprint density at radius 2 is 1.36 bits per heavy atom. The van der Waals surface area contributed by atoms with E-state index in [2.05, 4.69) is 29.3 Å². The van der Waals surface area contributed by atoms with E-state index in [1.165, 1.54) is 25.7 Å². The van der Waals surface area contributed by atoms with Gasteiger partial charge in [0.15, 0.2) is 0 Å². The zero-order valence-electron chi connectivity index (χ0n) is 12.7. The number of hydrazone groups is 1. The summed E-state index contributed by atoms with van der Waals surface area (Å²) in [6.45, 7) is 2.09. The fourth-order valence-electron chi connectivity index (χ4n) is 2.78. The zero-order valence-corrected chi connectivity index (χ0v) is 13.5. The van der Waals surface area contributed by atoms with Crippen molar-refractivity contribution in [1.29, 1.82) is 0 Å². The maximum absolute atomic E-state index is 6.03. The lowest BCUT2D eigenvalue weighted by atomic mass is 10.0. The van der Waals surface area contributed by atoms with Crippen LogP contribution in [0.25, 0.3) is 0 Å². The van der Waals surface area contributed by atoms with Gasteiger partial charge >= 0.3 is 0 Å². The molecule has 1 fully saturated rings. The molecule has 22 heavy (non-hydrogen) atoms. The first kappa shape index (κ1) is 15.1. The molecule has 1 saturated heterocycles. The van der Waals surface area contributed by atoms with Crippen molar-refractivity contribution in [1.82, 2.24) is 5.01 Å². The molecule has 0 spiro atoms. The van der Waals surface area contributed by atoms with Gasteiger partial charge in [-0.2, -0.15) is 5.10 Å². The maximum atomic E-state index is 6.03. The first-order chi connectivity index (χ1) is 10.8. The zero-order chi connectivity index (χ0) is 15.2. The van der Waals surface area contributed by atoms with E-state index in [0.29, 0.717) is 0 Å². The predicted octanol–water partition coefficient (Wildman–Crippen LogP) is 4.97. The Balaban J connectivity index is 1.96. The van der Waals surface area contributed by atoms with Crippen LogP contribution in [0.4, 0.5) is 0 Å². The largest absolute Gasteiger partial charge is 0.296 e. The Hall–Kier alpha value is -1.80. The standard InChI is InChI=1S/C19H21ClN2/c20-18-12-10-17(11-13-18)19(16-8-4-3-5-9-16)21-22-14-6-1-2-7-15-22/h3-5,8-13H,1-2,6-7,14-15H2/b21-19-. The Kier molecular flexibility index (Phi) is 5.12. The van der Waals surface area contributed by atoms with Crippen LogP contribution in [0.15, 0.2) is 59.7 Å². The molecule has 3 heteroatoms. The highest BCUT2D eigenvalue weighted by atomic mass is 35.5. The molecule has 0 bridgehead atoms. The molecular weight excluding hydrogens is 292 g/mol. The molecular formula is C19H21ClN2. The average molecular weight is 313 g/mol. The quantitative estimate of drug-likeness (QED) is 0.731. The van der Waals surface area contributed by atoms with Crippen molar-refractivity contribution in [2.24, 2.45) is 5.10 Å². The Morgan fingerprint density at radius 1 is 0.773 bits per heavy atom. The van der Waals surface area contributed by atoms with Crippen LogP contribution in [0.1, 0.15) is 36.8 Å². The van der Waals surface area contributed by atoms with Gasteiger partial charge in [0.1, 0.15) is 0 Å². The molecule has 0 saturated carbocycles. The van der Waals surface area contributed by atoms with Gasteiger partial charge < -0.3 is 0 Å². The van der Waals surface area contributed by atoms with E-state index in [4.69, 9.17) is 16.7 Å². The lowest BCUT2D eigenvalue weighted by Gasteiger charge is -2.19. The third-order valence-electron chi connectivity index (χ3n) is 3.99. The van der Waals surface area contributed by atoms with E-state index >= 15 is 0 Å². The fourth-order valence-corrected chi connectivity index (χ4v) is 2.91. The summed E-state index contributed by atoms with van der Waals surface area (Å²) in [5.74, 6) is 0. The summed E-state index contributed by atoms with van der Waals surface area (Å²) in [6, 6.07) is 18.3. The summed E-state index contributed by atoms with van der Waals surface area (Å²) >= 11 is 6.03. The molecule has 0 atom stereocenters. The molecule has 3 rings (SSSR count). The third kappa shape index (κ3) is 3.89. The highest BCUT2D eigenvalue weighted by molar-refractivity contribution is 6.30. The van der Waals surface area contributed by atoms with Crippen molar-refractivity contribution in [2.75, 3.05) is 13.1 Å². The summed E-state index contributed by atoms with van der Waals surface area (Å²) in [5, 5.41) is 7.95. The van der Waals surface area contributed by atoms with Gasteiger partial charge in [0.05, 0.1) is 5.71 Å². The molecule has 2 aromatic carbocycles. The molecule has 2 aromatic rings. The molecule has 0 unspecified atom stereocenters. The van der Waals surface area contributed by atoms with Crippen LogP contribution in [-0.2, 0) is 0 Å². The van der Waals surface area contributed by atoms with Crippen LogP contribution in [0.2, 0.25) is 5.02 Å². The second-order valence-electron chi connectivity index (χ2n) is 5.69. The van der Waals surface area contributed by atoms with Gasteiger partial charge in [0, 0.05) is 29.2 Å². The Bertz CT molecular complexity index is 612. The number of benzene rings is 2. The Morgan fingerprint density at radius 3 is 2.00 bits per heavy atom. The highest BCUT2D eigenvalue weighted by Crippen LogP contribution is 2.17. The van der Waals surface area contributed by atoms with Crippen molar-refractivity contribution in [3.63, 3.8) is 0 Å². The Labute approximate surface area is 137 Å². The minimum atomic E-state index is 0.755. The van der Waals surface area contributed by atoms with E-state index in [0.717, 1.165) is 35.0 Å².